The molecule has 1 saturated heterocycles. The van der Waals surface area contributed by atoms with Gasteiger partial charge in [-0.1, -0.05) is 0 Å². The molecule has 0 unspecified atom stereocenters. The number of aromatic amines is 1. The molecule has 1 fully saturated rings. The van der Waals surface area contributed by atoms with Crippen LogP contribution in [0, 0.1) is 0 Å². The number of pyridine rings is 1. The fourth-order valence-electron chi connectivity index (χ4n) is 1.76. The van der Waals surface area contributed by atoms with E-state index in [0.717, 1.165) is 44.8 Å². The number of hydrogen-bond acceptors (Lipinski definition) is 3. The molecule has 1 aromatic heterocycles. The summed E-state index contributed by atoms with van der Waals surface area (Å²) in [7, 11) is 0. The zero-order valence-corrected chi connectivity index (χ0v) is 8.74. The Hall–Kier alpha value is -1.13. The lowest BCUT2D eigenvalue weighted by Gasteiger charge is -2.26. The van der Waals surface area contributed by atoms with Gasteiger partial charge in [0.25, 0.3) is 0 Å². The lowest BCUT2D eigenvalue weighted by atomic mass is 10.2. The van der Waals surface area contributed by atoms with Gasteiger partial charge in [-0.25, -0.2) is 0 Å². The van der Waals surface area contributed by atoms with Crippen molar-refractivity contribution in [2.45, 2.75) is 6.42 Å². The highest BCUT2D eigenvalue weighted by Gasteiger charge is 2.09. The molecule has 0 bridgehead atoms. The standard InChI is InChI=1S/C11H16N2O2/c14-11-9-10(1-3-12-11)2-4-13-5-7-15-8-6-13/h1,3,9H,2,4-8H2,(H,12,14). The van der Waals surface area contributed by atoms with Crippen molar-refractivity contribution in [1.29, 1.82) is 0 Å². The van der Waals surface area contributed by atoms with Gasteiger partial charge in [0.05, 0.1) is 13.2 Å². The predicted molar refractivity (Wildman–Crippen MR) is 58.0 cm³/mol. The summed E-state index contributed by atoms with van der Waals surface area (Å²) in [5.41, 5.74) is 1.08. The summed E-state index contributed by atoms with van der Waals surface area (Å²) in [4.78, 5) is 16.0. The molecule has 4 heteroatoms. The number of nitrogens with zero attached hydrogens (tertiary/aromatic N) is 1. The summed E-state index contributed by atoms with van der Waals surface area (Å²) in [6.45, 7) is 4.67. The molecule has 0 atom stereocenters. The van der Waals surface area contributed by atoms with E-state index in [-0.39, 0.29) is 5.56 Å². The summed E-state index contributed by atoms with van der Waals surface area (Å²) >= 11 is 0. The first-order valence-corrected chi connectivity index (χ1v) is 5.32. The number of rotatable bonds is 3. The number of aromatic nitrogens is 1. The molecule has 0 radical (unpaired) electrons. The summed E-state index contributed by atoms with van der Waals surface area (Å²) in [6.07, 6.45) is 2.64. The van der Waals surface area contributed by atoms with Crippen LogP contribution in [0.25, 0.3) is 0 Å². The molecule has 0 spiro atoms. The highest BCUT2D eigenvalue weighted by molar-refractivity contribution is 5.10. The lowest BCUT2D eigenvalue weighted by Crippen LogP contribution is -2.37. The molecular formula is C11H16N2O2. The first kappa shape index (κ1) is 10.4. The Morgan fingerprint density at radius 1 is 1.40 bits per heavy atom. The Bertz CT molecular complexity index is 356. The number of nitrogens with one attached hydrogen (secondary N) is 1. The minimum atomic E-state index is -0.0190. The Balaban J connectivity index is 1.84. The monoisotopic (exact) mass is 208 g/mol. The van der Waals surface area contributed by atoms with Gasteiger partial charge in [0.15, 0.2) is 0 Å². The molecule has 15 heavy (non-hydrogen) atoms. The smallest absolute Gasteiger partial charge is 0.248 e. The Morgan fingerprint density at radius 3 is 2.93 bits per heavy atom. The van der Waals surface area contributed by atoms with E-state index in [9.17, 15) is 4.79 Å². The van der Waals surface area contributed by atoms with Crippen LogP contribution in [0.3, 0.4) is 0 Å². The first-order chi connectivity index (χ1) is 7.34. The van der Waals surface area contributed by atoms with Crippen LogP contribution in [0.1, 0.15) is 5.56 Å². The van der Waals surface area contributed by atoms with Crippen LogP contribution in [0.15, 0.2) is 23.1 Å². The zero-order chi connectivity index (χ0) is 10.5. The summed E-state index contributed by atoms with van der Waals surface area (Å²) < 4.78 is 5.27. The van der Waals surface area contributed by atoms with E-state index in [1.165, 1.54) is 0 Å². The lowest BCUT2D eigenvalue weighted by molar-refractivity contribution is 0.0384. The van der Waals surface area contributed by atoms with Gasteiger partial charge in [0, 0.05) is 31.9 Å². The van der Waals surface area contributed by atoms with E-state index >= 15 is 0 Å². The largest absolute Gasteiger partial charge is 0.379 e. The number of ether oxygens (including phenoxy) is 1. The van der Waals surface area contributed by atoms with Crippen molar-refractivity contribution in [1.82, 2.24) is 9.88 Å². The second-order valence-corrected chi connectivity index (χ2v) is 3.77. The van der Waals surface area contributed by atoms with Gasteiger partial charge in [0.2, 0.25) is 5.56 Å². The van der Waals surface area contributed by atoms with Crippen LogP contribution in [-0.2, 0) is 11.2 Å². The SMILES string of the molecule is O=c1cc(CCN2CCOCC2)cc[nH]1. The molecule has 4 nitrogen and oxygen atoms in total. The molecule has 2 heterocycles. The Kier molecular flexibility index (Phi) is 3.53. The van der Waals surface area contributed by atoms with Crippen molar-refractivity contribution >= 4 is 0 Å². The second-order valence-electron chi connectivity index (χ2n) is 3.77. The summed E-state index contributed by atoms with van der Waals surface area (Å²) in [5, 5.41) is 0. The molecule has 2 rings (SSSR count). The minimum Gasteiger partial charge on any atom is -0.379 e. The maximum Gasteiger partial charge on any atom is 0.248 e. The minimum absolute atomic E-state index is 0.0190. The van der Waals surface area contributed by atoms with Gasteiger partial charge in [-0.2, -0.15) is 0 Å². The van der Waals surface area contributed by atoms with Crippen molar-refractivity contribution in [2.24, 2.45) is 0 Å². The van der Waals surface area contributed by atoms with E-state index in [4.69, 9.17) is 4.74 Å². The molecule has 0 aromatic carbocycles. The second kappa shape index (κ2) is 5.09. The Labute approximate surface area is 88.9 Å². The van der Waals surface area contributed by atoms with Gasteiger partial charge in [0.1, 0.15) is 0 Å². The molecule has 0 amide bonds. The number of H-pyrrole nitrogens is 1. The van der Waals surface area contributed by atoms with Crippen molar-refractivity contribution in [3.05, 3.63) is 34.2 Å². The van der Waals surface area contributed by atoms with Crippen molar-refractivity contribution in [3.8, 4) is 0 Å². The van der Waals surface area contributed by atoms with Gasteiger partial charge in [-0.3, -0.25) is 9.69 Å². The van der Waals surface area contributed by atoms with Gasteiger partial charge in [-0.05, 0) is 18.1 Å². The van der Waals surface area contributed by atoms with Crippen molar-refractivity contribution < 1.29 is 4.74 Å². The van der Waals surface area contributed by atoms with Crippen LogP contribution in [0.4, 0.5) is 0 Å². The third kappa shape index (κ3) is 3.18. The average Bonchev–Trinajstić information content (AvgIpc) is 2.28. The third-order valence-electron chi connectivity index (χ3n) is 2.66. The molecule has 82 valence electrons. The predicted octanol–water partition coefficient (Wildman–Crippen LogP) is 0.250. The third-order valence-corrected chi connectivity index (χ3v) is 2.66. The first-order valence-electron chi connectivity index (χ1n) is 5.32. The van der Waals surface area contributed by atoms with Gasteiger partial charge in [-0.15, -0.1) is 0 Å². The number of hydrogen-bond donors (Lipinski definition) is 1. The highest BCUT2D eigenvalue weighted by atomic mass is 16.5. The van der Waals surface area contributed by atoms with Crippen LogP contribution >= 0.6 is 0 Å². The summed E-state index contributed by atoms with van der Waals surface area (Å²) in [6, 6.07) is 3.63. The van der Waals surface area contributed by atoms with E-state index in [1.54, 1.807) is 12.3 Å². The highest BCUT2D eigenvalue weighted by Crippen LogP contribution is 2.01. The fraction of sp³-hybridized carbons (Fsp3) is 0.545. The van der Waals surface area contributed by atoms with Gasteiger partial charge >= 0.3 is 0 Å². The van der Waals surface area contributed by atoms with Gasteiger partial charge < -0.3 is 9.72 Å². The van der Waals surface area contributed by atoms with Crippen molar-refractivity contribution in [2.75, 3.05) is 32.8 Å². The van der Waals surface area contributed by atoms with Crippen LogP contribution in [0.5, 0.6) is 0 Å². The summed E-state index contributed by atoms with van der Waals surface area (Å²) in [5.74, 6) is 0. The van der Waals surface area contributed by atoms with Crippen LogP contribution in [0.2, 0.25) is 0 Å². The molecular weight excluding hydrogens is 192 g/mol. The number of morpholine rings is 1. The quantitative estimate of drug-likeness (QED) is 0.774. The molecule has 0 aliphatic carbocycles. The van der Waals surface area contributed by atoms with E-state index in [0.29, 0.717) is 0 Å². The van der Waals surface area contributed by atoms with Crippen LogP contribution < -0.4 is 5.56 Å². The molecule has 1 aromatic rings. The molecule has 1 N–H and O–H groups in total. The van der Waals surface area contributed by atoms with E-state index < -0.39 is 0 Å². The molecule has 1 aliphatic rings. The fourth-order valence-corrected chi connectivity index (χ4v) is 1.76. The average molecular weight is 208 g/mol. The molecule has 0 saturated carbocycles. The normalized spacial score (nSPS) is 17.9. The topological polar surface area (TPSA) is 45.3 Å². The van der Waals surface area contributed by atoms with Crippen LogP contribution in [-0.4, -0.2) is 42.7 Å². The molecule has 1 aliphatic heterocycles. The Morgan fingerprint density at radius 2 is 2.20 bits per heavy atom. The van der Waals surface area contributed by atoms with E-state index in [1.807, 2.05) is 6.07 Å². The maximum atomic E-state index is 11.1. The zero-order valence-electron chi connectivity index (χ0n) is 8.74. The maximum absolute atomic E-state index is 11.1. The van der Waals surface area contributed by atoms with E-state index in [2.05, 4.69) is 9.88 Å². The van der Waals surface area contributed by atoms with Crippen molar-refractivity contribution in [3.63, 3.8) is 0 Å².